The normalized spacial score (nSPS) is 10.9. The summed E-state index contributed by atoms with van der Waals surface area (Å²) in [5.74, 6) is -1.88. The first-order valence-corrected chi connectivity index (χ1v) is 6.16. The lowest BCUT2D eigenvalue weighted by molar-refractivity contribution is 0.0692. The molecule has 0 fully saturated rings. The maximum absolute atomic E-state index is 13.7. The van der Waals surface area contributed by atoms with Crippen molar-refractivity contribution in [2.45, 2.75) is 0 Å². The number of rotatable bonds is 2. The van der Waals surface area contributed by atoms with E-state index in [9.17, 15) is 9.18 Å². The molecule has 0 aliphatic carbocycles. The molecule has 0 radical (unpaired) electrons. The molecule has 0 bridgehead atoms. The molecule has 3 rings (SSSR count). The predicted octanol–water partition coefficient (Wildman–Crippen LogP) is 4.59. The highest BCUT2D eigenvalue weighted by Gasteiger charge is 2.19. The van der Waals surface area contributed by atoms with Crippen molar-refractivity contribution in [3.63, 3.8) is 0 Å². The molecule has 0 unspecified atom stereocenters. The van der Waals surface area contributed by atoms with E-state index in [1.165, 1.54) is 12.1 Å². The van der Waals surface area contributed by atoms with Crippen LogP contribution in [0.15, 0.2) is 46.9 Å². The molecule has 2 aromatic carbocycles. The van der Waals surface area contributed by atoms with Gasteiger partial charge in [0.2, 0.25) is 0 Å². The van der Waals surface area contributed by atoms with E-state index in [2.05, 4.69) is 0 Å². The van der Waals surface area contributed by atoms with Gasteiger partial charge in [0.1, 0.15) is 17.1 Å². The molecule has 0 aliphatic heterocycles. The van der Waals surface area contributed by atoms with Crippen LogP contribution in [0.4, 0.5) is 4.39 Å². The minimum Gasteiger partial charge on any atom is -0.478 e. The summed E-state index contributed by atoms with van der Waals surface area (Å²) in [5.41, 5.74) is 0.220. The van der Waals surface area contributed by atoms with E-state index in [1.54, 1.807) is 24.3 Å². The molecule has 1 heterocycles. The maximum atomic E-state index is 13.7. The molecule has 0 amide bonds. The van der Waals surface area contributed by atoms with Gasteiger partial charge in [-0.2, -0.15) is 0 Å². The van der Waals surface area contributed by atoms with Crippen LogP contribution in [0, 0.1) is 5.82 Å². The largest absolute Gasteiger partial charge is 0.478 e. The van der Waals surface area contributed by atoms with Crippen LogP contribution in [0.5, 0.6) is 0 Å². The second kappa shape index (κ2) is 4.65. The molecule has 0 saturated carbocycles. The summed E-state index contributed by atoms with van der Waals surface area (Å²) in [5, 5.41) is 10.3. The van der Waals surface area contributed by atoms with Gasteiger partial charge in [0.15, 0.2) is 5.58 Å². The van der Waals surface area contributed by atoms with Gasteiger partial charge < -0.3 is 9.52 Å². The second-order valence-electron chi connectivity index (χ2n) is 4.24. The predicted molar refractivity (Wildman–Crippen MR) is 73.6 cm³/mol. The first-order chi connectivity index (χ1) is 9.58. The Balaban J connectivity index is 2.29. The zero-order valence-electron chi connectivity index (χ0n) is 10.1. The zero-order valence-corrected chi connectivity index (χ0v) is 10.8. The number of fused-ring (bicyclic) bond motifs is 1. The van der Waals surface area contributed by atoms with Gasteiger partial charge in [-0.3, -0.25) is 0 Å². The minimum atomic E-state index is -1.34. The molecule has 3 aromatic rings. The molecule has 0 spiro atoms. The summed E-state index contributed by atoms with van der Waals surface area (Å²) in [7, 11) is 0. The Morgan fingerprint density at radius 1 is 1.20 bits per heavy atom. The first kappa shape index (κ1) is 12.7. The molecule has 3 nitrogen and oxygen atoms in total. The number of carboxylic acid groups (broad SMARTS) is 1. The molecule has 0 saturated heterocycles. The fourth-order valence-electron chi connectivity index (χ4n) is 2.11. The van der Waals surface area contributed by atoms with E-state index in [1.807, 2.05) is 0 Å². The van der Waals surface area contributed by atoms with Crippen LogP contribution in [-0.4, -0.2) is 11.1 Å². The molecule has 1 aromatic heterocycles. The van der Waals surface area contributed by atoms with E-state index >= 15 is 0 Å². The topological polar surface area (TPSA) is 50.4 Å². The molecule has 100 valence electrons. The number of carbonyl (C=O) groups is 1. The fraction of sp³-hybridized carbons (Fsp3) is 0. The van der Waals surface area contributed by atoms with Crippen molar-refractivity contribution >= 4 is 28.5 Å². The highest BCUT2D eigenvalue weighted by atomic mass is 35.5. The molecule has 1 N–H and O–H groups in total. The number of halogens is 2. The number of carboxylic acids is 1. The average molecular weight is 291 g/mol. The summed E-state index contributed by atoms with van der Waals surface area (Å²) in [4.78, 5) is 11.2. The molecule has 20 heavy (non-hydrogen) atoms. The van der Waals surface area contributed by atoms with Crippen LogP contribution in [0.1, 0.15) is 10.4 Å². The van der Waals surface area contributed by atoms with Gasteiger partial charge in [0, 0.05) is 10.9 Å². The number of furan rings is 1. The molecule has 5 heteroatoms. The Morgan fingerprint density at radius 3 is 2.65 bits per heavy atom. The van der Waals surface area contributed by atoms with Gasteiger partial charge in [-0.15, -0.1) is 0 Å². The number of aromatic carboxylic acids is 1. The van der Waals surface area contributed by atoms with Gasteiger partial charge in [-0.25, -0.2) is 9.18 Å². The van der Waals surface area contributed by atoms with Crippen LogP contribution < -0.4 is 0 Å². The Kier molecular flexibility index (Phi) is 2.95. The van der Waals surface area contributed by atoms with E-state index in [0.29, 0.717) is 10.6 Å². The van der Waals surface area contributed by atoms with E-state index < -0.39 is 17.3 Å². The highest BCUT2D eigenvalue weighted by molar-refractivity contribution is 6.34. The molecule has 0 aliphatic rings. The Labute approximate surface area is 118 Å². The lowest BCUT2D eigenvalue weighted by Crippen LogP contribution is -2.02. The van der Waals surface area contributed by atoms with Crippen LogP contribution in [0.25, 0.3) is 22.3 Å². The van der Waals surface area contributed by atoms with Gasteiger partial charge in [0.25, 0.3) is 0 Å². The third kappa shape index (κ3) is 1.94. The average Bonchev–Trinajstić information content (AvgIpc) is 2.83. The van der Waals surface area contributed by atoms with Crippen LogP contribution >= 0.6 is 11.6 Å². The lowest BCUT2D eigenvalue weighted by atomic mass is 10.0. The number of benzene rings is 2. The Morgan fingerprint density at radius 2 is 1.95 bits per heavy atom. The van der Waals surface area contributed by atoms with Crippen molar-refractivity contribution in [2.24, 2.45) is 0 Å². The van der Waals surface area contributed by atoms with Gasteiger partial charge >= 0.3 is 5.97 Å². The summed E-state index contributed by atoms with van der Waals surface area (Å²) in [6, 6.07) is 10.9. The SMILES string of the molecule is O=C(O)c1c(F)cccc1-c1cc2cccc(Cl)c2o1. The smallest absolute Gasteiger partial charge is 0.339 e. The number of hydrogen-bond acceptors (Lipinski definition) is 2. The van der Waals surface area contributed by atoms with Crippen molar-refractivity contribution in [3.8, 4) is 11.3 Å². The third-order valence-corrected chi connectivity index (χ3v) is 3.29. The van der Waals surface area contributed by atoms with Crippen molar-refractivity contribution in [3.05, 3.63) is 58.9 Å². The van der Waals surface area contributed by atoms with Gasteiger partial charge in [-0.1, -0.05) is 35.9 Å². The van der Waals surface area contributed by atoms with E-state index in [0.717, 1.165) is 11.5 Å². The second-order valence-corrected chi connectivity index (χ2v) is 4.64. The van der Waals surface area contributed by atoms with E-state index in [-0.39, 0.29) is 11.3 Å². The summed E-state index contributed by atoms with van der Waals surface area (Å²) in [6.45, 7) is 0. The van der Waals surface area contributed by atoms with Crippen molar-refractivity contribution in [1.29, 1.82) is 0 Å². The summed E-state index contributed by atoms with van der Waals surface area (Å²) >= 11 is 6.01. The molecular weight excluding hydrogens is 283 g/mol. The third-order valence-electron chi connectivity index (χ3n) is 2.99. The number of hydrogen-bond donors (Lipinski definition) is 1. The molecule has 0 atom stereocenters. The maximum Gasteiger partial charge on any atom is 0.339 e. The van der Waals surface area contributed by atoms with Gasteiger partial charge in [-0.05, 0) is 18.2 Å². The number of para-hydroxylation sites is 1. The van der Waals surface area contributed by atoms with Crippen LogP contribution in [0.3, 0.4) is 0 Å². The van der Waals surface area contributed by atoms with Crippen molar-refractivity contribution in [1.82, 2.24) is 0 Å². The minimum absolute atomic E-state index is 0.185. The quantitative estimate of drug-likeness (QED) is 0.751. The monoisotopic (exact) mass is 290 g/mol. The lowest BCUT2D eigenvalue weighted by Gasteiger charge is -2.03. The van der Waals surface area contributed by atoms with Crippen molar-refractivity contribution < 1.29 is 18.7 Å². The Bertz CT molecular complexity index is 823. The zero-order chi connectivity index (χ0) is 14.3. The van der Waals surface area contributed by atoms with Gasteiger partial charge in [0.05, 0.1) is 5.02 Å². The summed E-state index contributed by atoms with van der Waals surface area (Å²) in [6.07, 6.45) is 0. The standard InChI is InChI=1S/C15H8ClFO3/c16-10-5-1-3-8-7-12(20-14(8)10)9-4-2-6-11(17)13(9)15(18)19/h1-7H,(H,18,19). The van der Waals surface area contributed by atoms with Crippen molar-refractivity contribution in [2.75, 3.05) is 0 Å². The van der Waals surface area contributed by atoms with E-state index in [4.69, 9.17) is 21.1 Å². The first-order valence-electron chi connectivity index (χ1n) is 5.78. The summed E-state index contributed by atoms with van der Waals surface area (Å²) < 4.78 is 19.2. The highest BCUT2D eigenvalue weighted by Crippen LogP contribution is 2.34. The Hall–Kier alpha value is -2.33. The van der Waals surface area contributed by atoms with Crippen LogP contribution in [-0.2, 0) is 0 Å². The molecular formula is C15H8ClFO3. The van der Waals surface area contributed by atoms with Crippen LogP contribution in [0.2, 0.25) is 5.02 Å². The fourth-order valence-corrected chi connectivity index (χ4v) is 2.33.